The highest BCUT2D eigenvalue weighted by atomic mass is 16.5. The Labute approximate surface area is 140 Å². The third kappa shape index (κ3) is 2.29. The maximum atomic E-state index is 12.6. The van der Waals surface area contributed by atoms with Crippen molar-refractivity contribution in [3.63, 3.8) is 0 Å². The summed E-state index contributed by atoms with van der Waals surface area (Å²) in [4.78, 5) is 24.9. The molecule has 4 heteroatoms. The lowest BCUT2D eigenvalue weighted by Gasteiger charge is -2.29. The van der Waals surface area contributed by atoms with Gasteiger partial charge in [0.15, 0.2) is 0 Å². The van der Waals surface area contributed by atoms with Crippen LogP contribution in [-0.4, -0.2) is 13.1 Å². The Morgan fingerprint density at radius 3 is 2.88 bits per heavy atom. The number of esters is 1. The minimum absolute atomic E-state index is 0.124. The fraction of sp³-hybridized carbons (Fsp3) is 0.400. The first-order chi connectivity index (χ1) is 11.7. The van der Waals surface area contributed by atoms with Gasteiger partial charge in [-0.25, -0.2) is 9.59 Å². The van der Waals surface area contributed by atoms with Gasteiger partial charge in [0, 0.05) is 28.9 Å². The maximum absolute atomic E-state index is 12.6. The first-order valence-electron chi connectivity index (χ1n) is 8.55. The number of benzene rings is 1. The van der Waals surface area contributed by atoms with E-state index in [1.807, 2.05) is 24.3 Å². The number of methoxy groups -OCH3 is 1. The molecule has 24 heavy (non-hydrogen) atoms. The van der Waals surface area contributed by atoms with Gasteiger partial charge >= 0.3 is 11.6 Å². The summed E-state index contributed by atoms with van der Waals surface area (Å²) in [5.74, 6) is -0.186. The molecule has 1 aromatic heterocycles. The molecule has 4 nitrogen and oxygen atoms in total. The number of rotatable bonds is 1. The van der Waals surface area contributed by atoms with Crippen LogP contribution in [0.25, 0.3) is 11.0 Å². The van der Waals surface area contributed by atoms with Gasteiger partial charge in [0.2, 0.25) is 0 Å². The van der Waals surface area contributed by atoms with Gasteiger partial charge in [-0.3, -0.25) is 0 Å². The van der Waals surface area contributed by atoms with Gasteiger partial charge in [-0.1, -0.05) is 36.6 Å². The van der Waals surface area contributed by atoms with Gasteiger partial charge in [0.25, 0.3) is 0 Å². The van der Waals surface area contributed by atoms with E-state index in [0.717, 1.165) is 43.1 Å². The third-order valence-electron chi connectivity index (χ3n) is 5.33. The fourth-order valence-electron chi connectivity index (χ4n) is 4.26. The van der Waals surface area contributed by atoms with E-state index >= 15 is 0 Å². The zero-order valence-corrected chi connectivity index (χ0v) is 13.8. The lowest BCUT2D eigenvalue weighted by atomic mass is 9.75. The number of para-hydroxylation sites is 1. The molecule has 0 amide bonds. The molecule has 1 aromatic carbocycles. The minimum Gasteiger partial charge on any atom is -0.466 e. The first kappa shape index (κ1) is 15.2. The summed E-state index contributed by atoms with van der Waals surface area (Å²) in [6.45, 7) is 0. The van der Waals surface area contributed by atoms with E-state index in [4.69, 9.17) is 9.15 Å². The predicted octanol–water partition coefficient (Wildman–Crippen LogP) is 3.87. The summed E-state index contributed by atoms with van der Waals surface area (Å²) in [5, 5.41) is 1.00. The van der Waals surface area contributed by atoms with Crippen molar-refractivity contribution in [3.05, 3.63) is 57.0 Å². The molecule has 2 aromatic rings. The highest BCUT2D eigenvalue weighted by Crippen LogP contribution is 2.45. The fourth-order valence-corrected chi connectivity index (χ4v) is 4.26. The molecular weight excluding hydrogens is 304 g/mol. The molecule has 1 unspecified atom stereocenters. The van der Waals surface area contributed by atoms with E-state index in [9.17, 15) is 9.59 Å². The molecule has 0 aliphatic heterocycles. The van der Waals surface area contributed by atoms with E-state index in [1.54, 1.807) is 0 Å². The van der Waals surface area contributed by atoms with Crippen molar-refractivity contribution in [1.29, 1.82) is 0 Å². The zero-order chi connectivity index (χ0) is 16.7. The molecule has 0 bridgehead atoms. The normalized spacial score (nSPS) is 20.3. The molecule has 0 saturated heterocycles. The molecule has 0 spiro atoms. The third-order valence-corrected chi connectivity index (χ3v) is 5.33. The maximum Gasteiger partial charge on any atom is 0.340 e. The van der Waals surface area contributed by atoms with Gasteiger partial charge in [-0.05, 0) is 30.9 Å². The standard InChI is InChI=1S/C20H20O4/c1-23-19(21)15-11-16-18(13-8-4-2-3-7-12(13)15)14-9-5-6-10-17(14)24-20(16)22/h5-6,9-10,13H,2-4,7-8,11H2,1H3. The van der Waals surface area contributed by atoms with E-state index in [2.05, 4.69) is 0 Å². The Kier molecular flexibility index (Phi) is 3.75. The molecule has 1 fully saturated rings. The van der Waals surface area contributed by atoms with Crippen molar-refractivity contribution in [2.45, 2.75) is 44.4 Å². The summed E-state index contributed by atoms with van der Waals surface area (Å²) >= 11 is 0. The molecule has 0 radical (unpaired) electrons. The number of allylic oxidation sites excluding steroid dienone is 1. The molecule has 1 heterocycles. The largest absolute Gasteiger partial charge is 0.466 e. The zero-order valence-electron chi connectivity index (χ0n) is 13.8. The molecule has 1 atom stereocenters. The molecule has 0 N–H and O–H groups in total. The van der Waals surface area contributed by atoms with Crippen molar-refractivity contribution < 1.29 is 13.9 Å². The highest BCUT2D eigenvalue weighted by molar-refractivity contribution is 5.92. The second kappa shape index (κ2) is 5.93. The van der Waals surface area contributed by atoms with Crippen LogP contribution in [0, 0.1) is 0 Å². The Morgan fingerprint density at radius 1 is 1.21 bits per heavy atom. The van der Waals surface area contributed by atoms with Crippen molar-refractivity contribution in [2.24, 2.45) is 0 Å². The summed E-state index contributed by atoms with van der Waals surface area (Å²) in [7, 11) is 1.40. The second-order valence-electron chi connectivity index (χ2n) is 6.60. The van der Waals surface area contributed by atoms with Crippen LogP contribution >= 0.6 is 0 Å². The summed E-state index contributed by atoms with van der Waals surface area (Å²) in [6.07, 6.45) is 5.54. The summed E-state index contributed by atoms with van der Waals surface area (Å²) < 4.78 is 10.5. The Balaban J connectivity index is 2.01. The minimum atomic E-state index is -0.326. The average molecular weight is 324 g/mol. The van der Waals surface area contributed by atoms with Crippen molar-refractivity contribution in [1.82, 2.24) is 0 Å². The molecule has 2 aliphatic rings. The highest BCUT2D eigenvalue weighted by Gasteiger charge is 2.35. The van der Waals surface area contributed by atoms with E-state index in [0.29, 0.717) is 23.1 Å². The number of hydrogen-bond donors (Lipinski definition) is 0. The van der Waals surface area contributed by atoms with Crippen LogP contribution in [0.5, 0.6) is 0 Å². The quantitative estimate of drug-likeness (QED) is 0.590. The van der Waals surface area contributed by atoms with Crippen LogP contribution < -0.4 is 5.63 Å². The number of ether oxygens (including phenoxy) is 1. The molecular formula is C20H20O4. The molecule has 1 saturated carbocycles. The first-order valence-corrected chi connectivity index (χ1v) is 8.55. The van der Waals surface area contributed by atoms with Crippen LogP contribution in [0.15, 0.2) is 44.6 Å². The van der Waals surface area contributed by atoms with Crippen LogP contribution in [0.3, 0.4) is 0 Å². The van der Waals surface area contributed by atoms with Crippen LogP contribution in [-0.2, 0) is 16.0 Å². The van der Waals surface area contributed by atoms with Crippen molar-refractivity contribution in [3.8, 4) is 0 Å². The summed E-state index contributed by atoms with van der Waals surface area (Å²) in [6, 6.07) is 7.71. The predicted molar refractivity (Wildman–Crippen MR) is 91.1 cm³/mol. The SMILES string of the molecule is COC(=O)C1=C2CCCCCC2c2c(c(=O)oc3ccccc23)C1. The van der Waals surface area contributed by atoms with Gasteiger partial charge in [-0.15, -0.1) is 0 Å². The number of carbonyl (C=O) groups excluding carboxylic acids is 1. The average Bonchev–Trinajstić information content (AvgIpc) is 2.86. The van der Waals surface area contributed by atoms with Crippen molar-refractivity contribution in [2.75, 3.05) is 7.11 Å². The van der Waals surface area contributed by atoms with E-state index in [-0.39, 0.29) is 17.5 Å². The smallest absolute Gasteiger partial charge is 0.340 e. The Morgan fingerprint density at radius 2 is 2.04 bits per heavy atom. The Hall–Kier alpha value is -2.36. The number of hydrogen-bond acceptors (Lipinski definition) is 4. The van der Waals surface area contributed by atoms with Crippen LogP contribution in [0.1, 0.15) is 49.1 Å². The van der Waals surface area contributed by atoms with Crippen LogP contribution in [0.2, 0.25) is 0 Å². The van der Waals surface area contributed by atoms with Gasteiger partial charge in [0.05, 0.1) is 7.11 Å². The molecule has 124 valence electrons. The van der Waals surface area contributed by atoms with Gasteiger partial charge in [0.1, 0.15) is 5.58 Å². The topological polar surface area (TPSA) is 56.5 Å². The lowest BCUT2D eigenvalue weighted by Crippen LogP contribution is -2.25. The number of fused-ring (bicyclic) bond motifs is 5. The lowest BCUT2D eigenvalue weighted by molar-refractivity contribution is -0.136. The monoisotopic (exact) mass is 324 g/mol. The Bertz CT molecular complexity index is 903. The van der Waals surface area contributed by atoms with Gasteiger partial charge < -0.3 is 9.15 Å². The van der Waals surface area contributed by atoms with E-state index in [1.165, 1.54) is 12.7 Å². The summed E-state index contributed by atoms with van der Waals surface area (Å²) in [5.41, 5.74) is 3.85. The molecule has 4 rings (SSSR count). The van der Waals surface area contributed by atoms with Crippen molar-refractivity contribution >= 4 is 16.9 Å². The van der Waals surface area contributed by atoms with Gasteiger partial charge in [-0.2, -0.15) is 0 Å². The molecule has 2 aliphatic carbocycles. The second-order valence-corrected chi connectivity index (χ2v) is 6.60. The number of carbonyl (C=O) groups is 1. The van der Waals surface area contributed by atoms with E-state index < -0.39 is 0 Å². The van der Waals surface area contributed by atoms with Crippen LogP contribution in [0.4, 0.5) is 0 Å².